The largest absolute Gasteiger partial charge is 0.430 e. The van der Waals surface area contributed by atoms with Gasteiger partial charge >= 0.3 is 6.09 Å². The highest BCUT2D eigenvalue weighted by molar-refractivity contribution is 7.10. The number of thiophene rings is 1. The third kappa shape index (κ3) is 1.31. The molecular weight excluding hydrogens is 190 g/mol. The molecule has 1 N–H and O–H groups in total. The number of aryl methyl sites for hydroxylation is 1. The van der Waals surface area contributed by atoms with Gasteiger partial charge in [-0.15, -0.1) is 11.3 Å². The van der Waals surface area contributed by atoms with E-state index < -0.39 is 12.2 Å². The quantitative estimate of drug-likeness (QED) is 0.739. The van der Waals surface area contributed by atoms with Gasteiger partial charge in [-0.3, -0.25) is 10.1 Å². The monoisotopic (exact) mass is 197 g/mol. The van der Waals surface area contributed by atoms with E-state index in [9.17, 15) is 9.59 Å². The number of rotatable bonds is 1. The van der Waals surface area contributed by atoms with Gasteiger partial charge in [0.25, 0.3) is 5.91 Å². The average molecular weight is 197 g/mol. The summed E-state index contributed by atoms with van der Waals surface area (Å²) in [5.74, 6) is -0.379. The van der Waals surface area contributed by atoms with Crippen LogP contribution in [0, 0.1) is 6.92 Å². The summed E-state index contributed by atoms with van der Waals surface area (Å²) >= 11 is 1.41. The predicted molar refractivity (Wildman–Crippen MR) is 46.4 cm³/mol. The molecule has 68 valence electrons. The molecule has 13 heavy (non-hydrogen) atoms. The van der Waals surface area contributed by atoms with Gasteiger partial charge in [0.2, 0.25) is 6.10 Å². The van der Waals surface area contributed by atoms with Crippen molar-refractivity contribution in [2.45, 2.75) is 13.0 Å². The molecule has 2 rings (SSSR count). The van der Waals surface area contributed by atoms with Gasteiger partial charge in [0.05, 0.1) is 4.88 Å². The second-order valence-electron chi connectivity index (χ2n) is 2.74. The number of cyclic esters (lactones) is 1. The van der Waals surface area contributed by atoms with Crippen LogP contribution in [0.15, 0.2) is 11.4 Å². The van der Waals surface area contributed by atoms with E-state index >= 15 is 0 Å². The molecule has 0 aliphatic carbocycles. The summed E-state index contributed by atoms with van der Waals surface area (Å²) in [7, 11) is 0. The molecule has 1 aromatic heterocycles. The molecule has 5 heteroatoms. The lowest BCUT2D eigenvalue weighted by molar-refractivity contribution is -0.123. The normalized spacial score (nSPS) is 21.5. The maximum Gasteiger partial charge on any atom is 0.415 e. The van der Waals surface area contributed by atoms with E-state index in [1.165, 1.54) is 11.3 Å². The Morgan fingerprint density at radius 1 is 1.54 bits per heavy atom. The number of hydrogen-bond acceptors (Lipinski definition) is 4. The lowest BCUT2D eigenvalue weighted by Crippen LogP contribution is -2.20. The van der Waals surface area contributed by atoms with E-state index in [0.29, 0.717) is 0 Å². The Morgan fingerprint density at radius 3 is 2.77 bits per heavy atom. The van der Waals surface area contributed by atoms with Crippen LogP contribution < -0.4 is 5.32 Å². The number of nitrogens with one attached hydrogen (secondary N) is 1. The summed E-state index contributed by atoms with van der Waals surface area (Å²) < 4.78 is 4.81. The van der Waals surface area contributed by atoms with Crippen molar-refractivity contribution in [3.8, 4) is 0 Å². The maximum atomic E-state index is 11.2. The van der Waals surface area contributed by atoms with E-state index in [-0.39, 0.29) is 5.91 Å². The molecule has 1 saturated heterocycles. The van der Waals surface area contributed by atoms with Gasteiger partial charge < -0.3 is 4.74 Å². The van der Waals surface area contributed by atoms with Crippen LogP contribution in [0.5, 0.6) is 0 Å². The molecule has 2 heterocycles. The molecule has 0 aromatic carbocycles. The van der Waals surface area contributed by atoms with Gasteiger partial charge in [0.1, 0.15) is 0 Å². The van der Waals surface area contributed by atoms with Gasteiger partial charge in [-0.25, -0.2) is 4.79 Å². The molecule has 4 nitrogen and oxygen atoms in total. The van der Waals surface area contributed by atoms with Gasteiger partial charge in [0, 0.05) is 0 Å². The minimum absolute atomic E-state index is 0.379. The molecule has 0 spiro atoms. The molecule has 1 aliphatic rings. The Labute approximate surface area is 78.5 Å². The van der Waals surface area contributed by atoms with Crippen molar-refractivity contribution in [3.05, 3.63) is 21.9 Å². The Bertz CT molecular complexity index is 371. The van der Waals surface area contributed by atoms with E-state index in [1.807, 2.05) is 18.4 Å². The van der Waals surface area contributed by atoms with E-state index in [2.05, 4.69) is 5.32 Å². The third-order valence-electron chi connectivity index (χ3n) is 1.83. The van der Waals surface area contributed by atoms with Crippen LogP contribution in [0.1, 0.15) is 16.5 Å². The summed E-state index contributed by atoms with van der Waals surface area (Å²) in [4.78, 5) is 22.7. The zero-order chi connectivity index (χ0) is 9.42. The van der Waals surface area contributed by atoms with E-state index in [1.54, 1.807) is 0 Å². The SMILES string of the molecule is Cc1ccsc1C1OC(=O)NC1=O. The molecule has 1 aromatic rings. The minimum Gasteiger partial charge on any atom is -0.430 e. The van der Waals surface area contributed by atoms with Crippen LogP contribution in [-0.2, 0) is 9.53 Å². The fourth-order valence-corrected chi connectivity index (χ4v) is 2.13. The number of amides is 2. The lowest BCUT2D eigenvalue weighted by atomic mass is 10.2. The van der Waals surface area contributed by atoms with Crippen molar-refractivity contribution < 1.29 is 14.3 Å². The number of carbonyl (C=O) groups is 2. The van der Waals surface area contributed by atoms with Crippen LogP contribution in [0.2, 0.25) is 0 Å². The second kappa shape index (κ2) is 2.85. The summed E-state index contributed by atoms with van der Waals surface area (Å²) in [6.07, 6.45) is -1.41. The number of ether oxygens (including phenoxy) is 1. The number of carbonyl (C=O) groups excluding carboxylic acids is 2. The fraction of sp³-hybridized carbons (Fsp3) is 0.250. The molecule has 1 atom stereocenters. The summed E-state index contributed by atoms with van der Waals surface area (Å²) in [6.45, 7) is 1.88. The van der Waals surface area contributed by atoms with Crippen molar-refractivity contribution in [2.24, 2.45) is 0 Å². The Hall–Kier alpha value is -1.36. The van der Waals surface area contributed by atoms with Crippen molar-refractivity contribution in [2.75, 3.05) is 0 Å². The van der Waals surface area contributed by atoms with Crippen LogP contribution in [-0.4, -0.2) is 12.0 Å². The second-order valence-corrected chi connectivity index (χ2v) is 3.69. The van der Waals surface area contributed by atoms with Crippen molar-refractivity contribution >= 4 is 23.3 Å². The van der Waals surface area contributed by atoms with Crippen molar-refractivity contribution in [1.82, 2.24) is 5.32 Å². The van der Waals surface area contributed by atoms with Crippen LogP contribution in [0.4, 0.5) is 4.79 Å². The average Bonchev–Trinajstić information content (AvgIpc) is 2.58. The number of hydrogen-bond donors (Lipinski definition) is 1. The van der Waals surface area contributed by atoms with Gasteiger partial charge in [0.15, 0.2) is 0 Å². The highest BCUT2D eigenvalue weighted by atomic mass is 32.1. The highest BCUT2D eigenvalue weighted by Gasteiger charge is 2.35. The molecule has 1 unspecified atom stereocenters. The first-order valence-corrected chi connectivity index (χ1v) is 4.62. The summed E-state index contributed by atoms with van der Waals surface area (Å²) in [5, 5.41) is 3.95. The molecule has 1 fully saturated rings. The Kier molecular flexibility index (Phi) is 1.81. The van der Waals surface area contributed by atoms with Crippen LogP contribution in [0.25, 0.3) is 0 Å². The van der Waals surface area contributed by atoms with Crippen LogP contribution >= 0.6 is 11.3 Å². The van der Waals surface area contributed by atoms with Crippen LogP contribution in [0.3, 0.4) is 0 Å². The summed E-state index contributed by atoms with van der Waals surface area (Å²) in [6, 6.07) is 1.89. The standard InChI is InChI=1S/C8H7NO3S/c1-4-2-3-13-6(4)5-7(10)9-8(11)12-5/h2-3,5H,1H3,(H,9,10,11). The molecule has 0 radical (unpaired) electrons. The minimum atomic E-state index is -0.743. The zero-order valence-corrected chi connectivity index (χ0v) is 7.68. The molecule has 1 aliphatic heterocycles. The first-order chi connectivity index (χ1) is 6.18. The lowest BCUT2D eigenvalue weighted by Gasteiger charge is -2.03. The van der Waals surface area contributed by atoms with Crippen molar-refractivity contribution in [3.63, 3.8) is 0 Å². The molecule has 2 amide bonds. The number of alkyl carbamates (subject to hydrolysis) is 1. The van der Waals surface area contributed by atoms with Crippen molar-refractivity contribution in [1.29, 1.82) is 0 Å². The van der Waals surface area contributed by atoms with Gasteiger partial charge in [-0.1, -0.05) is 0 Å². The smallest absolute Gasteiger partial charge is 0.415 e. The molecule has 0 bridgehead atoms. The highest BCUT2D eigenvalue weighted by Crippen LogP contribution is 2.29. The Morgan fingerprint density at radius 2 is 2.31 bits per heavy atom. The summed E-state index contributed by atoms with van der Waals surface area (Å²) in [5.41, 5.74) is 0.972. The topological polar surface area (TPSA) is 55.4 Å². The molecule has 0 saturated carbocycles. The molecular formula is C8H7NO3S. The van der Waals surface area contributed by atoms with Gasteiger partial charge in [-0.05, 0) is 23.9 Å². The fourth-order valence-electron chi connectivity index (χ4n) is 1.18. The first-order valence-electron chi connectivity index (χ1n) is 3.74. The number of imide groups is 1. The maximum absolute atomic E-state index is 11.2. The Balaban J connectivity index is 2.32. The third-order valence-corrected chi connectivity index (χ3v) is 2.89. The van der Waals surface area contributed by atoms with E-state index in [0.717, 1.165) is 10.4 Å². The predicted octanol–water partition coefficient (Wildman–Crippen LogP) is 1.36. The van der Waals surface area contributed by atoms with E-state index in [4.69, 9.17) is 4.74 Å². The zero-order valence-electron chi connectivity index (χ0n) is 6.87. The first kappa shape index (κ1) is 8.25. The van der Waals surface area contributed by atoms with Gasteiger partial charge in [-0.2, -0.15) is 0 Å².